The summed E-state index contributed by atoms with van der Waals surface area (Å²) in [6.45, 7) is 8.76. The Balaban J connectivity index is 1.70. The largest absolute Gasteiger partial charge is 0.308 e. The molecule has 0 aromatic carbocycles. The van der Waals surface area contributed by atoms with Crippen molar-refractivity contribution >= 4 is 0 Å². The van der Waals surface area contributed by atoms with Gasteiger partial charge in [-0.25, -0.2) is 0 Å². The van der Waals surface area contributed by atoms with Crippen LogP contribution in [0.1, 0.15) is 37.6 Å². The van der Waals surface area contributed by atoms with Crippen LogP contribution in [-0.4, -0.2) is 40.5 Å². The zero-order valence-electron chi connectivity index (χ0n) is 11.5. The van der Waals surface area contributed by atoms with Crippen molar-refractivity contribution in [2.45, 2.75) is 45.7 Å². The molecule has 0 aliphatic carbocycles. The molecule has 4 nitrogen and oxygen atoms in total. The van der Waals surface area contributed by atoms with Crippen LogP contribution in [0.15, 0.2) is 12.4 Å². The molecule has 2 heterocycles. The maximum atomic E-state index is 4.37. The lowest BCUT2D eigenvalue weighted by molar-refractivity contribution is 0.197. The number of nitrogens with zero attached hydrogens (tertiary/aromatic N) is 3. The van der Waals surface area contributed by atoms with Crippen LogP contribution >= 0.6 is 0 Å². The predicted molar refractivity (Wildman–Crippen MR) is 73.4 cm³/mol. The second-order valence-corrected chi connectivity index (χ2v) is 5.15. The molecular formula is C14H24N4. The van der Waals surface area contributed by atoms with E-state index in [0.29, 0.717) is 6.04 Å². The Kier molecular flexibility index (Phi) is 5.08. The fourth-order valence-corrected chi connectivity index (χ4v) is 2.44. The molecular weight excluding hydrogens is 224 g/mol. The average Bonchev–Trinajstić information content (AvgIpc) is 2.40. The van der Waals surface area contributed by atoms with Crippen LogP contribution in [0.5, 0.6) is 0 Å². The Morgan fingerprint density at radius 1 is 1.28 bits per heavy atom. The highest BCUT2D eigenvalue weighted by Crippen LogP contribution is 2.11. The topological polar surface area (TPSA) is 41.0 Å². The second-order valence-electron chi connectivity index (χ2n) is 5.15. The van der Waals surface area contributed by atoms with E-state index in [9.17, 15) is 0 Å². The van der Waals surface area contributed by atoms with E-state index >= 15 is 0 Å². The van der Waals surface area contributed by atoms with Gasteiger partial charge in [0.05, 0.1) is 11.4 Å². The van der Waals surface area contributed by atoms with Gasteiger partial charge in [-0.15, -0.1) is 0 Å². The minimum Gasteiger partial charge on any atom is -0.308 e. The van der Waals surface area contributed by atoms with Gasteiger partial charge >= 0.3 is 0 Å². The van der Waals surface area contributed by atoms with E-state index in [-0.39, 0.29) is 0 Å². The smallest absolute Gasteiger partial charge is 0.0724 e. The highest BCUT2D eigenvalue weighted by atomic mass is 15.1. The Labute approximate surface area is 110 Å². The standard InChI is InChI=1S/C14H24N4/c1-3-6-18-7-4-13(5-8-18)17-11-14-10-15-12(2)9-16-14/h9-10,13,17H,3-8,11H2,1-2H3. The molecule has 0 unspecified atom stereocenters. The summed E-state index contributed by atoms with van der Waals surface area (Å²) in [4.78, 5) is 11.2. The van der Waals surface area contributed by atoms with Crippen LogP contribution < -0.4 is 5.32 Å². The number of likely N-dealkylation sites (tertiary alicyclic amines) is 1. The van der Waals surface area contributed by atoms with Gasteiger partial charge < -0.3 is 10.2 Å². The van der Waals surface area contributed by atoms with E-state index in [1.807, 2.05) is 19.3 Å². The van der Waals surface area contributed by atoms with Crippen molar-refractivity contribution in [3.05, 3.63) is 23.8 Å². The minimum atomic E-state index is 0.640. The second kappa shape index (κ2) is 6.81. The molecule has 18 heavy (non-hydrogen) atoms. The number of nitrogens with one attached hydrogen (secondary N) is 1. The first-order chi connectivity index (χ1) is 8.78. The predicted octanol–water partition coefficient (Wildman–Crippen LogP) is 1.75. The van der Waals surface area contributed by atoms with Crippen LogP contribution in [0.3, 0.4) is 0 Å². The number of aromatic nitrogens is 2. The lowest BCUT2D eigenvalue weighted by Gasteiger charge is -2.32. The molecule has 0 amide bonds. The molecule has 0 saturated carbocycles. The van der Waals surface area contributed by atoms with Crippen LogP contribution in [0, 0.1) is 6.92 Å². The molecule has 1 saturated heterocycles. The number of rotatable bonds is 5. The van der Waals surface area contributed by atoms with E-state index < -0.39 is 0 Å². The first kappa shape index (κ1) is 13.4. The zero-order valence-corrected chi connectivity index (χ0v) is 11.5. The number of aryl methyl sites for hydroxylation is 1. The van der Waals surface area contributed by atoms with Crippen LogP contribution in [0.4, 0.5) is 0 Å². The Morgan fingerprint density at radius 2 is 2.06 bits per heavy atom. The van der Waals surface area contributed by atoms with Crippen molar-refractivity contribution in [1.82, 2.24) is 20.2 Å². The molecule has 0 radical (unpaired) electrons. The van der Waals surface area contributed by atoms with Crippen molar-refractivity contribution in [1.29, 1.82) is 0 Å². The Hall–Kier alpha value is -1.00. The molecule has 1 aliphatic heterocycles. The Morgan fingerprint density at radius 3 is 2.67 bits per heavy atom. The summed E-state index contributed by atoms with van der Waals surface area (Å²) < 4.78 is 0. The maximum absolute atomic E-state index is 4.37. The molecule has 1 aromatic heterocycles. The fourth-order valence-electron chi connectivity index (χ4n) is 2.44. The van der Waals surface area contributed by atoms with E-state index in [1.54, 1.807) is 0 Å². The minimum absolute atomic E-state index is 0.640. The molecule has 0 atom stereocenters. The first-order valence-corrected chi connectivity index (χ1v) is 7.01. The summed E-state index contributed by atoms with van der Waals surface area (Å²) in [6, 6.07) is 0.640. The molecule has 1 fully saturated rings. The Bertz CT molecular complexity index is 341. The monoisotopic (exact) mass is 248 g/mol. The molecule has 1 N–H and O–H groups in total. The highest BCUT2D eigenvalue weighted by molar-refractivity contribution is 5.00. The van der Waals surface area contributed by atoms with Gasteiger partial charge in [0.1, 0.15) is 0 Å². The number of hydrogen-bond acceptors (Lipinski definition) is 4. The third-order valence-electron chi connectivity index (χ3n) is 3.53. The first-order valence-electron chi connectivity index (χ1n) is 7.01. The fraction of sp³-hybridized carbons (Fsp3) is 0.714. The lowest BCUT2D eigenvalue weighted by Crippen LogP contribution is -2.42. The van der Waals surface area contributed by atoms with E-state index in [4.69, 9.17) is 0 Å². The van der Waals surface area contributed by atoms with Gasteiger partial charge in [0, 0.05) is 25.0 Å². The zero-order chi connectivity index (χ0) is 12.8. The van der Waals surface area contributed by atoms with Crippen molar-refractivity contribution in [3.63, 3.8) is 0 Å². The summed E-state index contributed by atoms with van der Waals surface area (Å²) >= 11 is 0. The summed E-state index contributed by atoms with van der Waals surface area (Å²) in [5.41, 5.74) is 2.02. The van der Waals surface area contributed by atoms with Crippen molar-refractivity contribution in [2.75, 3.05) is 19.6 Å². The molecule has 0 bridgehead atoms. The number of piperidine rings is 1. The lowest BCUT2D eigenvalue weighted by atomic mass is 10.0. The highest BCUT2D eigenvalue weighted by Gasteiger charge is 2.17. The van der Waals surface area contributed by atoms with Gasteiger partial charge in [-0.05, 0) is 45.8 Å². The summed E-state index contributed by atoms with van der Waals surface area (Å²) in [7, 11) is 0. The van der Waals surface area contributed by atoms with E-state index in [0.717, 1.165) is 17.9 Å². The molecule has 1 aliphatic rings. The molecule has 4 heteroatoms. The number of hydrogen-bond donors (Lipinski definition) is 1. The van der Waals surface area contributed by atoms with Gasteiger partial charge in [-0.1, -0.05) is 6.92 Å². The molecule has 100 valence electrons. The SMILES string of the molecule is CCCN1CCC(NCc2cnc(C)cn2)CC1. The summed E-state index contributed by atoms with van der Waals surface area (Å²) in [5, 5.41) is 3.59. The normalized spacial score (nSPS) is 18.1. The van der Waals surface area contributed by atoms with Gasteiger partial charge in [0.2, 0.25) is 0 Å². The van der Waals surface area contributed by atoms with E-state index in [2.05, 4.69) is 27.1 Å². The van der Waals surface area contributed by atoms with Crippen molar-refractivity contribution in [2.24, 2.45) is 0 Å². The molecule has 2 rings (SSSR count). The van der Waals surface area contributed by atoms with E-state index in [1.165, 1.54) is 38.9 Å². The molecule has 1 aromatic rings. The summed E-state index contributed by atoms with van der Waals surface area (Å²) in [6.07, 6.45) is 7.46. The molecule has 0 spiro atoms. The van der Waals surface area contributed by atoms with Crippen LogP contribution in [0.2, 0.25) is 0 Å². The van der Waals surface area contributed by atoms with Gasteiger partial charge in [0.25, 0.3) is 0 Å². The van der Waals surface area contributed by atoms with Gasteiger partial charge in [0.15, 0.2) is 0 Å². The third kappa shape index (κ3) is 4.03. The van der Waals surface area contributed by atoms with Crippen molar-refractivity contribution in [3.8, 4) is 0 Å². The average molecular weight is 248 g/mol. The summed E-state index contributed by atoms with van der Waals surface area (Å²) in [5.74, 6) is 0. The van der Waals surface area contributed by atoms with Crippen LogP contribution in [0.25, 0.3) is 0 Å². The maximum Gasteiger partial charge on any atom is 0.0724 e. The quantitative estimate of drug-likeness (QED) is 0.862. The van der Waals surface area contributed by atoms with Gasteiger partial charge in [-0.3, -0.25) is 9.97 Å². The third-order valence-corrected chi connectivity index (χ3v) is 3.53. The van der Waals surface area contributed by atoms with Gasteiger partial charge in [-0.2, -0.15) is 0 Å². The van der Waals surface area contributed by atoms with Crippen LogP contribution in [-0.2, 0) is 6.54 Å². The van der Waals surface area contributed by atoms with Crippen molar-refractivity contribution < 1.29 is 0 Å².